The lowest BCUT2D eigenvalue weighted by atomic mass is 9.93. The minimum atomic E-state index is -0.0514. The summed E-state index contributed by atoms with van der Waals surface area (Å²) in [5, 5.41) is 12.9. The maximum atomic E-state index is 9.34. The van der Waals surface area contributed by atoms with Gasteiger partial charge in [0.2, 0.25) is 0 Å². The van der Waals surface area contributed by atoms with Gasteiger partial charge in [0.05, 0.1) is 6.10 Å². The maximum absolute atomic E-state index is 9.34. The molecule has 1 aliphatic carbocycles. The lowest BCUT2D eigenvalue weighted by Gasteiger charge is -2.27. The summed E-state index contributed by atoms with van der Waals surface area (Å²) in [6, 6.07) is 0.609. The molecular formula is C11H23NO2. The van der Waals surface area contributed by atoms with Crippen molar-refractivity contribution in [1.82, 2.24) is 5.32 Å². The zero-order valence-corrected chi connectivity index (χ0v) is 9.33. The lowest BCUT2D eigenvalue weighted by Crippen LogP contribution is -2.37. The van der Waals surface area contributed by atoms with Gasteiger partial charge in [-0.3, -0.25) is 0 Å². The molecule has 0 aromatic heterocycles. The Morgan fingerprint density at radius 2 is 2.00 bits per heavy atom. The molecule has 0 amide bonds. The van der Waals surface area contributed by atoms with Gasteiger partial charge < -0.3 is 15.2 Å². The molecule has 0 bridgehead atoms. The summed E-state index contributed by atoms with van der Waals surface area (Å²) in [7, 11) is 1.74. The molecule has 0 spiro atoms. The maximum Gasteiger partial charge on any atom is 0.0541 e. The first-order chi connectivity index (χ1) is 6.72. The third-order valence-corrected chi connectivity index (χ3v) is 2.90. The Balaban J connectivity index is 2.06. The summed E-state index contributed by atoms with van der Waals surface area (Å²) in [5.41, 5.74) is 0. The molecule has 0 heterocycles. The molecule has 0 radical (unpaired) electrons. The molecule has 0 saturated heterocycles. The number of hydrogen-bond donors (Lipinski definition) is 2. The van der Waals surface area contributed by atoms with Crippen molar-refractivity contribution in [3.63, 3.8) is 0 Å². The molecule has 1 rings (SSSR count). The third-order valence-electron chi connectivity index (χ3n) is 2.90. The lowest BCUT2D eigenvalue weighted by molar-refractivity contribution is 0.112. The molecule has 1 fully saturated rings. The molecule has 84 valence electrons. The van der Waals surface area contributed by atoms with Crippen molar-refractivity contribution >= 4 is 0 Å². The Hall–Kier alpha value is -0.120. The van der Waals surface area contributed by atoms with Gasteiger partial charge in [-0.1, -0.05) is 6.92 Å². The molecule has 0 aromatic rings. The van der Waals surface area contributed by atoms with Gasteiger partial charge in [0.1, 0.15) is 0 Å². The van der Waals surface area contributed by atoms with Gasteiger partial charge in [0, 0.05) is 26.3 Å². The van der Waals surface area contributed by atoms with E-state index in [2.05, 4.69) is 12.2 Å². The zero-order chi connectivity index (χ0) is 10.4. The van der Waals surface area contributed by atoms with Crippen LogP contribution in [0.1, 0.15) is 32.6 Å². The summed E-state index contributed by atoms with van der Waals surface area (Å²) in [6.45, 7) is 4.03. The Morgan fingerprint density at radius 3 is 2.57 bits per heavy atom. The number of rotatable bonds is 5. The molecule has 1 saturated carbocycles. The summed E-state index contributed by atoms with van der Waals surface area (Å²) >= 11 is 0. The predicted octanol–water partition coefficient (Wildman–Crippen LogP) is 1.16. The molecule has 2 N–H and O–H groups in total. The van der Waals surface area contributed by atoms with E-state index in [1.54, 1.807) is 7.11 Å². The van der Waals surface area contributed by atoms with E-state index in [0.29, 0.717) is 12.0 Å². The van der Waals surface area contributed by atoms with Gasteiger partial charge in [-0.15, -0.1) is 0 Å². The van der Waals surface area contributed by atoms with Crippen LogP contribution in [0.2, 0.25) is 0 Å². The van der Waals surface area contributed by atoms with Crippen LogP contribution in [0.5, 0.6) is 0 Å². The van der Waals surface area contributed by atoms with Crippen LogP contribution < -0.4 is 5.32 Å². The molecule has 0 aromatic carbocycles. The molecule has 0 aliphatic heterocycles. The van der Waals surface area contributed by atoms with Crippen LogP contribution in [0.4, 0.5) is 0 Å². The highest BCUT2D eigenvalue weighted by atomic mass is 16.5. The van der Waals surface area contributed by atoms with Crippen molar-refractivity contribution in [1.29, 1.82) is 0 Å². The Bertz CT molecular complexity index is 144. The van der Waals surface area contributed by atoms with Crippen LogP contribution in [0.3, 0.4) is 0 Å². The van der Waals surface area contributed by atoms with Crippen molar-refractivity contribution in [3.05, 3.63) is 0 Å². The normalized spacial score (nSPS) is 30.2. The molecule has 1 atom stereocenters. The number of ether oxygens (including phenoxy) is 1. The first-order valence-corrected chi connectivity index (χ1v) is 5.62. The van der Waals surface area contributed by atoms with Crippen LogP contribution in [0, 0.1) is 5.92 Å². The number of nitrogens with one attached hydrogen (secondary N) is 1. The van der Waals surface area contributed by atoms with Crippen LogP contribution in [-0.4, -0.2) is 37.5 Å². The fourth-order valence-electron chi connectivity index (χ4n) is 1.99. The second kappa shape index (κ2) is 6.38. The average Bonchev–Trinajstić information content (AvgIpc) is 2.17. The molecular weight excluding hydrogens is 178 g/mol. The third kappa shape index (κ3) is 4.40. The quantitative estimate of drug-likeness (QED) is 0.701. The van der Waals surface area contributed by atoms with Gasteiger partial charge in [-0.25, -0.2) is 0 Å². The van der Waals surface area contributed by atoms with Gasteiger partial charge >= 0.3 is 0 Å². The minimum absolute atomic E-state index is 0.0514. The van der Waals surface area contributed by atoms with Gasteiger partial charge in [0.15, 0.2) is 0 Å². The van der Waals surface area contributed by atoms with E-state index in [1.807, 2.05) is 0 Å². The van der Waals surface area contributed by atoms with Gasteiger partial charge in [-0.2, -0.15) is 0 Å². The second-order valence-electron chi connectivity index (χ2n) is 4.47. The van der Waals surface area contributed by atoms with Crippen LogP contribution >= 0.6 is 0 Å². The summed E-state index contributed by atoms with van der Waals surface area (Å²) in [4.78, 5) is 0. The van der Waals surface area contributed by atoms with Crippen molar-refractivity contribution in [2.45, 2.75) is 44.8 Å². The summed E-state index contributed by atoms with van der Waals surface area (Å²) in [5.74, 6) is 0.576. The van der Waals surface area contributed by atoms with Crippen LogP contribution in [0.25, 0.3) is 0 Å². The van der Waals surface area contributed by atoms with E-state index < -0.39 is 0 Å². The van der Waals surface area contributed by atoms with Gasteiger partial charge in [-0.05, 0) is 31.6 Å². The minimum Gasteiger partial charge on any atom is -0.393 e. The first-order valence-electron chi connectivity index (χ1n) is 5.62. The van der Waals surface area contributed by atoms with E-state index in [1.165, 1.54) is 0 Å². The fraction of sp³-hybridized carbons (Fsp3) is 1.00. The number of aliphatic hydroxyl groups is 1. The highest BCUT2D eigenvalue weighted by molar-refractivity contribution is 4.76. The zero-order valence-electron chi connectivity index (χ0n) is 9.33. The highest BCUT2D eigenvalue weighted by Gasteiger charge is 2.18. The Kier molecular flexibility index (Phi) is 5.45. The average molecular weight is 201 g/mol. The van der Waals surface area contributed by atoms with Crippen molar-refractivity contribution < 1.29 is 9.84 Å². The second-order valence-corrected chi connectivity index (χ2v) is 4.47. The van der Waals surface area contributed by atoms with Crippen LogP contribution in [-0.2, 0) is 4.74 Å². The topological polar surface area (TPSA) is 41.5 Å². The van der Waals surface area contributed by atoms with E-state index >= 15 is 0 Å². The number of methoxy groups -OCH3 is 1. The SMILES string of the molecule is COCC(C)CNC1CCC(O)CC1. The van der Waals surface area contributed by atoms with Crippen molar-refractivity contribution in [2.24, 2.45) is 5.92 Å². The van der Waals surface area contributed by atoms with Gasteiger partial charge in [0.25, 0.3) is 0 Å². The molecule has 1 aliphatic rings. The number of aliphatic hydroxyl groups excluding tert-OH is 1. The first kappa shape index (κ1) is 12.0. The molecule has 3 heteroatoms. The Morgan fingerprint density at radius 1 is 1.36 bits per heavy atom. The predicted molar refractivity (Wildman–Crippen MR) is 57.3 cm³/mol. The van der Waals surface area contributed by atoms with E-state index in [4.69, 9.17) is 4.74 Å². The van der Waals surface area contributed by atoms with E-state index in [0.717, 1.165) is 38.8 Å². The number of hydrogen-bond acceptors (Lipinski definition) is 3. The largest absolute Gasteiger partial charge is 0.393 e. The van der Waals surface area contributed by atoms with Crippen molar-refractivity contribution in [3.8, 4) is 0 Å². The molecule has 3 nitrogen and oxygen atoms in total. The van der Waals surface area contributed by atoms with E-state index in [-0.39, 0.29) is 6.10 Å². The van der Waals surface area contributed by atoms with Crippen LogP contribution in [0.15, 0.2) is 0 Å². The van der Waals surface area contributed by atoms with E-state index in [9.17, 15) is 5.11 Å². The smallest absolute Gasteiger partial charge is 0.0541 e. The summed E-state index contributed by atoms with van der Waals surface area (Å²) < 4.78 is 5.08. The standard InChI is InChI=1S/C11H23NO2/c1-9(8-14-2)7-12-10-3-5-11(13)6-4-10/h9-13H,3-8H2,1-2H3. The molecule has 1 unspecified atom stereocenters. The monoisotopic (exact) mass is 201 g/mol. The van der Waals surface area contributed by atoms with Crippen molar-refractivity contribution in [2.75, 3.05) is 20.3 Å². The highest BCUT2D eigenvalue weighted by Crippen LogP contribution is 2.18. The Labute approximate surface area is 86.8 Å². The molecule has 14 heavy (non-hydrogen) atoms. The fourth-order valence-corrected chi connectivity index (χ4v) is 1.99. The summed E-state index contributed by atoms with van der Waals surface area (Å²) in [6.07, 6.45) is 4.08.